The van der Waals surface area contributed by atoms with Crippen molar-refractivity contribution in [2.45, 2.75) is 50.9 Å². The number of unbranched alkanes of at least 4 members (excludes halogenated alkanes) is 1. The van der Waals surface area contributed by atoms with Crippen LogP contribution < -0.4 is 0 Å². The van der Waals surface area contributed by atoms with Crippen molar-refractivity contribution in [3.63, 3.8) is 0 Å². The number of nitrogens with zero attached hydrogens (tertiary/aromatic N) is 1. The molecule has 1 heterocycles. The van der Waals surface area contributed by atoms with Crippen molar-refractivity contribution < 1.29 is 14.3 Å². The van der Waals surface area contributed by atoms with Gasteiger partial charge in [-0.15, -0.1) is 11.8 Å². The van der Waals surface area contributed by atoms with Gasteiger partial charge in [0.1, 0.15) is 6.04 Å². The fourth-order valence-corrected chi connectivity index (χ4v) is 4.63. The molecule has 2 atom stereocenters. The molecule has 0 aromatic heterocycles. The van der Waals surface area contributed by atoms with Crippen LogP contribution >= 0.6 is 27.7 Å². The first kappa shape index (κ1) is 19.3. The minimum atomic E-state index is -0.497. The third kappa shape index (κ3) is 4.54. The Labute approximate surface area is 156 Å². The lowest BCUT2D eigenvalue weighted by molar-refractivity contribution is -0.148. The van der Waals surface area contributed by atoms with Crippen molar-refractivity contribution in [2.75, 3.05) is 12.4 Å². The van der Waals surface area contributed by atoms with Crippen LogP contribution in [0.4, 0.5) is 0 Å². The molecular weight excluding hydrogens is 390 g/mol. The van der Waals surface area contributed by atoms with Crippen LogP contribution in [-0.2, 0) is 9.53 Å². The van der Waals surface area contributed by atoms with Gasteiger partial charge in [-0.1, -0.05) is 38.8 Å². The second-order valence-corrected chi connectivity index (χ2v) is 7.87. The quantitative estimate of drug-likeness (QED) is 0.488. The Balaban J connectivity index is 2.20. The summed E-state index contributed by atoms with van der Waals surface area (Å²) in [6.45, 7) is 4.57. The lowest BCUT2D eigenvalue weighted by Crippen LogP contribution is -2.46. The molecule has 0 bridgehead atoms. The van der Waals surface area contributed by atoms with Gasteiger partial charge >= 0.3 is 5.97 Å². The van der Waals surface area contributed by atoms with Gasteiger partial charge in [-0.25, -0.2) is 4.79 Å². The summed E-state index contributed by atoms with van der Waals surface area (Å²) in [4.78, 5) is 27.3. The molecule has 0 radical (unpaired) electrons. The van der Waals surface area contributed by atoms with Crippen LogP contribution in [0, 0.1) is 0 Å². The number of benzene rings is 1. The third-order valence-electron chi connectivity index (χ3n) is 3.98. The number of halogens is 1. The number of carbonyl (C=O) groups is 2. The lowest BCUT2D eigenvalue weighted by Gasteiger charge is -2.28. The van der Waals surface area contributed by atoms with Crippen molar-refractivity contribution in [3.8, 4) is 0 Å². The summed E-state index contributed by atoms with van der Waals surface area (Å²) in [7, 11) is 0. The van der Waals surface area contributed by atoms with Gasteiger partial charge in [0.25, 0.3) is 5.91 Å². The second-order valence-electron chi connectivity index (χ2n) is 5.81. The Morgan fingerprint density at radius 3 is 2.71 bits per heavy atom. The number of esters is 1. The zero-order valence-corrected chi connectivity index (χ0v) is 16.6. The van der Waals surface area contributed by atoms with Crippen molar-refractivity contribution in [2.24, 2.45) is 0 Å². The molecule has 1 aromatic rings. The molecule has 1 fully saturated rings. The van der Waals surface area contributed by atoms with Crippen molar-refractivity contribution in [1.82, 2.24) is 4.90 Å². The maximum absolute atomic E-state index is 13.1. The molecule has 132 valence electrons. The third-order valence-corrected chi connectivity index (χ3v) is 6.03. The van der Waals surface area contributed by atoms with Crippen LogP contribution in [-0.4, -0.2) is 40.6 Å². The molecule has 0 spiro atoms. The summed E-state index contributed by atoms with van der Waals surface area (Å²) in [6, 6.07) is 6.85. The van der Waals surface area contributed by atoms with E-state index in [4.69, 9.17) is 4.74 Å². The first-order valence-corrected chi connectivity index (χ1v) is 10.3. The fourth-order valence-electron chi connectivity index (χ4n) is 2.67. The molecule has 6 heteroatoms. The van der Waals surface area contributed by atoms with Crippen LogP contribution in [0.25, 0.3) is 0 Å². The molecule has 1 aromatic carbocycles. The van der Waals surface area contributed by atoms with E-state index >= 15 is 0 Å². The van der Waals surface area contributed by atoms with Gasteiger partial charge < -0.3 is 9.64 Å². The highest BCUT2D eigenvalue weighted by Gasteiger charge is 2.42. The Morgan fingerprint density at radius 1 is 1.29 bits per heavy atom. The minimum Gasteiger partial charge on any atom is -0.464 e. The van der Waals surface area contributed by atoms with Crippen molar-refractivity contribution >= 4 is 39.6 Å². The highest BCUT2D eigenvalue weighted by molar-refractivity contribution is 9.10. The van der Waals surface area contributed by atoms with Gasteiger partial charge in [0.2, 0.25) is 0 Å². The highest BCUT2D eigenvalue weighted by Crippen LogP contribution is 2.35. The number of amides is 1. The van der Waals surface area contributed by atoms with Crippen LogP contribution in [0.1, 0.15) is 49.9 Å². The van der Waals surface area contributed by atoms with Gasteiger partial charge in [-0.3, -0.25) is 4.79 Å². The zero-order valence-electron chi connectivity index (χ0n) is 14.2. The van der Waals surface area contributed by atoms with Gasteiger partial charge in [0, 0.05) is 10.2 Å². The monoisotopic (exact) mass is 413 g/mol. The summed E-state index contributed by atoms with van der Waals surface area (Å²) in [5.74, 6) is 0.213. The van der Waals surface area contributed by atoms with E-state index in [1.54, 1.807) is 22.7 Å². The summed E-state index contributed by atoms with van der Waals surface area (Å²) >= 11 is 5.11. The van der Waals surface area contributed by atoms with E-state index in [1.807, 2.05) is 18.2 Å². The Bertz CT molecular complexity index is 581. The number of rotatable bonds is 7. The average molecular weight is 414 g/mol. The van der Waals surface area contributed by atoms with Crippen LogP contribution in [0.5, 0.6) is 0 Å². The molecule has 0 N–H and O–H groups in total. The lowest BCUT2D eigenvalue weighted by atomic mass is 10.1. The number of carbonyl (C=O) groups excluding carboxylic acids is 2. The standard InChI is InChI=1S/C18H24BrNO3S/c1-3-5-11-23-18(22)15-12-24-16(8-4-2)20(15)17(21)13-9-6-7-10-14(13)19/h6-7,9-10,15-16H,3-5,8,11-12H2,1-2H3. The van der Waals surface area contributed by atoms with E-state index in [2.05, 4.69) is 29.8 Å². The molecule has 4 nitrogen and oxygen atoms in total. The molecular formula is C18H24BrNO3S. The second kappa shape index (κ2) is 9.47. The first-order chi connectivity index (χ1) is 11.6. The van der Waals surface area contributed by atoms with Crippen LogP contribution in [0.2, 0.25) is 0 Å². The van der Waals surface area contributed by atoms with E-state index in [1.165, 1.54) is 0 Å². The summed E-state index contributed by atoms with van der Waals surface area (Å²) < 4.78 is 6.13. The number of ether oxygens (including phenoxy) is 1. The predicted octanol–water partition coefficient (Wildman–Crippen LogP) is 4.48. The van der Waals surface area contributed by atoms with E-state index in [0.717, 1.165) is 30.2 Å². The minimum absolute atomic E-state index is 0.0262. The van der Waals surface area contributed by atoms with Gasteiger partial charge in [0.15, 0.2) is 0 Å². The number of hydrogen-bond acceptors (Lipinski definition) is 4. The molecule has 2 unspecified atom stereocenters. The molecule has 1 saturated heterocycles. The molecule has 1 amide bonds. The van der Waals surface area contributed by atoms with E-state index in [0.29, 0.717) is 17.9 Å². The summed E-state index contributed by atoms with van der Waals surface area (Å²) in [5.41, 5.74) is 0.590. The highest BCUT2D eigenvalue weighted by atomic mass is 79.9. The molecule has 2 rings (SSSR count). The maximum atomic E-state index is 13.1. The number of hydrogen-bond donors (Lipinski definition) is 0. The smallest absolute Gasteiger partial charge is 0.329 e. The van der Waals surface area contributed by atoms with Gasteiger partial charge in [0.05, 0.1) is 17.5 Å². The average Bonchev–Trinajstić information content (AvgIpc) is 2.99. The zero-order chi connectivity index (χ0) is 17.5. The summed E-state index contributed by atoms with van der Waals surface area (Å²) in [6.07, 6.45) is 3.67. The van der Waals surface area contributed by atoms with Crippen LogP contribution in [0.15, 0.2) is 28.7 Å². The van der Waals surface area contributed by atoms with Crippen molar-refractivity contribution in [1.29, 1.82) is 0 Å². The van der Waals surface area contributed by atoms with E-state index in [-0.39, 0.29) is 17.3 Å². The van der Waals surface area contributed by atoms with Gasteiger partial charge in [-0.2, -0.15) is 0 Å². The molecule has 24 heavy (non-hydrogen) atoms. The Hall–Kier alpha value is -1.01. The summed E-state index contributed by atoms with van der Waals surface area (Å²) in [5, 5.41) is 0.0262. The molecule has 0 aliphatic carbocycles. The predicted molar refractivity (Wildman–Crippen MR) is 101 cm³/mol. The van der Waals surface area contributed by atoms with Crippen molar-refractivity contribution in [3.05, 3.63) is 34.3 Å². The SMILES string of the molecule is CCCCOC(=O)C1CSC(CCC)N1C(=O)c1ccccc1Br. The largest absolute Gasteiger partial charge is 0.464 e. The van der Waals surface area contributed by atoms with E-state index in [9.17, 15) is 9.59 Å². The fraction of sp³-hybridized carbons (Fsp3) is 0.556. The maximum Gasteiger partial charge on any atom is 0.329 e. The molecule has 1 aliphatic heterocycles. The van der Waals surface area contributed by atoms with Gasteiger partial charge in [-0.05, 0) is 40.9 Å². The normalized spacial score (nSPS) is 20.2. The first-order valence-electron chi connectivity index (χ1n) is 8.45. The number of thioether (sulfide) groups is 1. The Morgan fingerprint density at radius 2 is 2.04 bits per heavy atom. The molecule has 1 aliphatic rings. The molecule has 0 saturated carbocycles. The van der Waals surface area contributed by atoms with Crippen LogP contribution in [0.3, 0.4) is 0 Å². The van der Waals surface area contributed by atoms with E-state index < -0.39 is 6.04 Å². The Kier molecular flexibility index (Phi) is 7.62. The topological polar surface area (TPSA) is 46.6 Å².